The quantitative estimate of drug-likeness (QED) is 0.770. The van der Waals surface area contributed by atoms with Gasteiger partial charge in [-0.15, -0.1) is 23.5 Å². The molecule has 0 radical (unpaired) electrons. The molecule has 2 saturated heterocycles. The fourth-order valence-electron chi connectivity index (χ4n) is 3.56. The SMILES string of the molecule is COc1ccccc1N1CCN(C(=O)c2ccc(C3SCCS3)cc2)CC1. The second-order valence-corrected chi connectivity index (χ2v) is 9.37. The zero-order valence-electron chi connectivity index (χ0n) is 15.5. The molecule has 2 fully saturated rings. The smallest absolute Gasteiger partial charge is 0.253 e. The molecule has 0 spiro atoms. The summed E-state index contributed by atoms with van der Waals surface area (Å²) < 4.78 is 6.00. The van der Waals surface area contributed by atoms with Gasteiger partial charge in [-0.3, -0.25) is 4.79 Å². The number of methoxy groups -OCH3 is 1. The first-order valence-corrected chi connectivity index (χ1v) is 11.4. The van der Waals surface area contributed by atoms with Gasteiger partial charge in [0.25, 0.3) is 5.91 Å². The highest BCUT2D eigenvalue weighted by atomic mass is 32.2. The van der Waals surface area contributed by atoms with Crippen molar-refractivity contribution < 1.29 is 9.53 Å². The van der Waals surface area contributed by atoms with Crippen molar-refractivity contribution in [3.05, 3.63) is 59.7 Å². The van der Waals surface area contributed by atoms with Gasteiger partial charge in [0.05, 0.1) is 17.4 Å². The largest absolute Gasteiger partial charge is 0.495 e. The van der Waals surface area contributed by atoms with Crippen LogP contribution in [0.15, 0.2) is 48.5 Å². The van der Waals surface area contributed by atoms with Crippen LogP contribution in [0.5, 0.6) is 5.75 Å². The van der Waals surface area contributed by atoms with Gasteiger partial charge in [0.2, 0.25) is 0 Å². The monoisotopic (exact) mass is 400 g/mol. The Morgan fingerprint density at radius 3 is 2.30 bits per heavy atom. The number of hydrogen-bond acceptors (Lipinski definition) is 5. The van der Waals surface area contributed by atoms with Gasteiger partial charge >= 0.3 is 0 Å². The molecule has 0 saturated carbocycles. The molecule has 6 heteroatoms. The summed E-state index contributed by atoms with van der Waals surface area (Å²) in [6, 6.07) is 16.3. The molecule has 0 aliphatic carbocycles. The van der Waals surface area contributed by atoms with Crippen molar-refractivity contribution in [2.24, 2.45) is 0 Å². The fourth-order valence-corrected chi connectivity index (χ4v) is 6.42. The van der Waals surface area contributed by atoms with E-state index in [-0.39, 0.29) is 5.91 Å². The molecule has 2 aliphatic heterocycles. The average Bonchev–Trinajstić information content (AvgIpc) is 3.28. The number of rotatable bonds is 4. The first-order valence-electron chi connectivity index (χ1n) is 9.26. The Morgan fingerprint density at radius 2 is 1.63 bits per heavy atom. The number of para-hydroxylation sites is 2. The topological polar surface area (TPSA) is 32.8 Å². The van der Waals surface area contributed by atoms with Gasteiger partial charge in [0.1, 0.15) is 5.75 Å². The maximum Gasteiger partial charge on any atom is 0.253 e. The van der Waals surface area contributed by atoms with Gasteiger partial charge in [-0.25, -0.2) is 0 Å². The van der Waals surface area contributed by atoms with Crippen LogP contribution < -0.4 is 9.64 Å². The number of ether oxygens (including phenoxy) is 1. The number of carbonyl (C=O) groups is 1. The Kier molecular flexibility index (Phi) is 5.83. The summed E-state index contributed by atoms with van der Waals surface area (Å²) in [5.74, 6) is 3.45. The molecule has 0 unspecified atom stereocenters. The zero-order valence-corrected chi connectivity index (χ0v) is 17.1. The van der Waals surface area contributed by atoms with Crippen molar-refractivity contribution in [1.82, 2.24) is 4.90 Å². The van der Waals surface area contributed by atoms with Gasteiger partial charge in [0.15, 0.2) is 0 Å². The minimum Gasteiger partial charge on any atom is -0.495 e. The zero-order chi connectivity index (χ0) is 18.6. The van der Waals surface area contributed by atoms with Crippen LogP contribution in [-0.2, 0) is 0 Å². The first kappa shape index (κ1) is 18.6. The van der Waals surface area contributed by atoms with E-state index in [0.29, 0.717) is 4.58 Å². The summed E-state index contributed by atoms with van der Waals surface area (Å²) in [5, 5.41) is 0. The third-order valence-electron chi connectivity index (χ3n) is 5.04. The van der Waals surface area contributed by atoms with E-state index in [2.05, 4.69) is 23.1 Å². The Hall–Kier alpha value is -1.79. The minimum atomic E-state index is 0.132. The highest BCUT2D eigenvalue weighted by molar-refractivity contribution is 8.19. The fraction of sp³-hybridized carbons (Fsp3) is 0.381. The van der Waals surface area contributed by atoms with Gasteiger partial charge in [-0.2, -0.15) is 0 Å². The molecule has 2 aliphatic rings. The summed E-state index contributed by atoms with van der Waals surface area (Å²) in [4.78, 5) is 17.1. The first-order chi connectivity index (χ1) is 13.3. The second kappa shape index (κ2) is 8.48. The van der Waals surface area contributed by atoms with Crippen molar-refractivity contribution in [2.45, 2.75) is 4.58 Å². The number of piperazine rings is 1. The number of amides is 1. The number of anilines is 1. The van der Waals surface area contributed by atoms with E-state index in [1.54, 1.807) is 7.11 Å². The predicted molar refractivity (Wildman–Crippen MR) is 115 cm³/mol. The van der Waals surface area contributed by atoms with Crippen LogP contribution in [0.2, 0.25) is 0 Å². The van der Waals surface area contributed by atoms with Gasteiger partial charge < -0.3 is 14.5 Å². The summed E-state index contributed by atoms with van der Waals surface area (Å²) in [6.45, 7) is 3.10. The molecular weight excluding hydrogens is 376 g/mol. The van der Waals surface area contributed by atoms with Crippen LogP contribution in [0.25, 0.3) is 0 Å². The van der Waals surface area contributed by atoms with Crippen LogP contribution in [0.1, 0.15) is 20.5 Å². The Bertz CT molecular complexity index is 783. The van der Waals surface area contributed by atoms with Crippen LogP contribution >= 0.6 is 23.5 Å². The lowest BCUT2D eigenvalue weighted by Crippen LogP contribution is -2.48. The number of benzene rings is 2. The molecule has 4 nitrogen and oxygen atoms in total. The average molecular weight is 401 g/mol. The Morgan fingerprint density at radius 1 is 0.963 bits per heavy atom. The van der Waals surface area contributed by atoms with Crippen molar-refractivity contribution in [2.75, 3.05) is 49.7 Å². The molecule has 0 N–H and O–H groups in total. The van der Waals surface area contributed by atoms with Crippen LogP contribution in [0, 0.1) is 0 Å². The molecule has 27 heavy (non-hydrogen) atoms. The summed E-state index contributed by atoms with van der Waals surface area (Å²) >= 11 is 3.98. The molecule has 0 aromatic heterocycles. The Balaban J connectivity index is 1.38. The van der Waals surface area contributed by atoms with E-state index in [9.17, 15) is 4.79 Å². The van der Waals surface area contributed by atoms with E-state index in [0.717, 1.165) is 43.2 Å². The number of carbonyl (C=O) groups excluding carboxylic acids is 1. The van der Waals surface area contributed by atoms with Crippen LogP contribution in [-0.4, -0.2) is 55.6 Å². The van der Waals surface area contributed by atoms with Crippen molar-refractivity contribution in [3.63, 3.8) is 0 Å². The molecule has 0 atom stereocenters. The number of nitrogens with zero attached hydrogens (tertiary/aromatic N) is 2. The molecule has 1 amide bonds. The molecular formula is C21H24N2O2S2. The van der Waals surface area contributed by atoms with Crippen molar-refractivity contribution in [3.8, 4) is 5.75 Å². The van der Waals surface area contributed by atoms with Crippen LogP contribution in [0.4, 0.5) is 5.69 Å². The lowest BCUT2D eigenvalue weighted by atomic mass is 10.1. The Labute approximate surface area is 169 Å². The van der Waals surface area contributed by atoms with Gasteiger partial charge in [-0.05, 0) is 29.8 Å². The molecule has 4 rings (SSSR count). The summed E-state index contributed by atoms with van der Waals surface area (Å²) in [7, 11) is 1.70. The third kappa shape index (κ3) is 4.06. The number of hydrogen-bond donors (Lipinski definition) is 0. The molecule has 2 aromatic carbocycles. The normalized spacial score (nSPS) is 18.0. The van der Waals surface area contributed by atoms with Crippen molar-refractivity contribution in [1.29, 1.82) is 0 Å². The van der Waals surface area contributed by atoms with Crippen LogP contribution in [0.3, 0.4) is 0 Å². The van der Waals surface area contributed by atoms with Gasteiger partial charge in [0, 0.05) is 43.2 Å². The molecule has 142 valence electrons. The maximum atomic E-state index is 12.9. The van der Waals surface area contributed by atoms with E-state index in [4.69, 9.17) is 4.74 Å². The summed E-state index contributed by atoms with van der Waals surface area (Å²) in [6.07, 6.45) is 0. The van der Waals surface area contributed by atoms with Crippen molar-refractivity contribution >= 4 is 35.1 Å². The maximum absolute atomic E-state index is 12.9. The summed E-state index contributed by atoms with van der Waals surface area (Å²) in [5.41, 5.74) is 3.21. The van der Waals surface area contributed by atoms with E-state index in [1.165, 1.54) is 17.1 Å². The predicted octanol–water partition coefficient (Wildman–Crippen LogP) is 4.14. The minimum absolute atomic E-state index is 0.132. The molecule has 2 aromatic rings. The van der Waals surface area contributed by atoms with E-state index in [1.807, 2.05) is 58.8 Å². The van der Waals surface area contributed by atoms with Gasteiger partial charge in [-0.1, -0.05) is 24.3 Å². The van der Waals surface area contributed by atoms with E-state index < -0.39 is 0 Å². The highest BCUT2D eigenvalue weighted by Gasteiger charge is 2.24. The number of thioether (sulfide) groups is 2. The lowest BCUT2D eigenvalue weighted by Gasteiger charge is -2.36. The molecule has 2 heterocycles. The lowest BCUT2D eigenvalue weighted by molar-refractivity contribution is 0.0746. The highest BCUT2D eigenvalue weighted by Crippen LogP contribution is 2.45. The molecule has 0 bridgehead atoms. The van der Waals surface area contributed by atoms with E-state index >= 15 is 0 Å². The second-order valence-electron chi connectivity index (χ2n) is 6.65. The third-order valence-corrected chi connectivity index (χ3v) is 8.15. The standard InChI is InChI=1S/C21H24N2O2S2/c1-25-19-5-3-2-4-18(19)22-10-12-23(13-11-22)20(24)16-6-8-17(9-7-16)21-26-14-15-27-21/h2-9,21H,10-15H2,1H3.